The zero-order valence-electron chi connectivity index (χ0n) is 15.5. The highest BCUT2D eigenvalue weighted by Crippen LogP contribution is 2.30. The first-order valence-electron chi connectivity index (χ1n) is 8.83. The van der Waals surface area contributed by atoms with Gasteiger partial charge < -0.3 is 19.5 Å². The normalized spacial score (nSPS) is 16.0. The van der Waals surface area contributed by atoms with Gasteiger partial charge in [-0.3, -0.25) is 4.79 Å². The SMILES string of the molecule is CC(C)(C)c1ccc(OCCNC(=O)[C@H]2COc3ccccc3O2)cc1. The average molecular weight is 355 g/mol. The third-order valence-corrected chi connectivity index (χ3v) is 4.19. The molecule has 1 N–H and O–H groups in total. The molecule has 5 nitrogen and oxygen atoms in total. The molecule has 1 amide bonds. The summed E-state index contributed by atoms with van der Waals surface area (Å²) in [5, 5.41) is 2.82. The van der Waals surface area contributed by atoms with Crippen LogP contribution in [0.3, 0.4) is 0 Å². The van der Waals surface area contributed by atoms with E-state index >= 15 is 0 Å². The maximum Gasteiger partial charge on any atom is 0.264 e. The molecule has 0 aliphatic carbocycles. The molecule has 0 fully saturated rings. The molecule has 1 atom stereocenters. The van der Waals surface area contributed by atoms with Crippen LogP contribution in [0.15, 0.2) is 48.5 Å². The van der Waals surface area contributed by atoms with Gasteiger partial charge in [-0.2, -0.15) is 0 Å². The third kappa shape index (κ3) is 4.48. The fraction of sp³-hybridized carbons (Fsp3) is 0.381. The summed E-state index contributed by atoms with van der Waals surface area (Å²) in [4.78, 5) is 12.2. The maximum absolute atomic E-state index is 12.2. The lowest BCUT2D eigenvalue weighted by atomic mass is 9.87. The number of hydrogen-bond donors (Lipinski definition) is 1. The van der Waals surface area contributed by atoms with E-state index in [-0.39, 0.29) is 17.9 Å². The Bertz CT molecular complexity index is 749. The summed E-state index contributed by atoms with van der Waals surface area (Å²) >= 11 is 0. The van der Waals surface area contributed by atoms with E-state index in [1.54, 1.807) is 6.07 Å². The number of amides is 1. The van der Waals surface area contributed by atoms with Crippen LogP contribution in [0.25, 0.3) is 0 Å². The molecule has 0 spiro atoms. The number of rotatable bonds is 5. The quantitative estimate of drug-likeness (QED) is 0.836. The Morgan fingerprint density at radius 1 is 1.12 bits per heavy atom. The van der Waals surface area contributed by atoms with Crippen molar-refractivity contribution in [2.24, 2.45) is 0 Å². The number of para-hydroxylation sites is 2. The topological polar surface area (TPSA) is 56.8 Å². The summed E-state index contributed by atoms with van der Waals surface area (Å²) < 4.78 is 16.9. The largest absolute Gasteiger partial charge is 0.492 e. The number of nitrogens with one attached hydrogen (secondary N) is 1. The van der Waals surface area contributed by atoms with Gasteiger partial charge in [-0.05, 0) is 35.2 Å². The molecule has 2 aromatic rings. The molecule has 26 heavy (non-hydrogen) atoms. The second kappa shape index (κ2) is 7.68. The number of carbonyl (C=O) groups excluding carboxylic acids is 1. The van der Waals surface area contributed by atoms with E-state index in [0.29, 0.717) is 24.7 Å². The van der Waals surface area contributed by atoms with Crippen LogP contribution >= 0.6 is 0 Å². The Labute approximate surface area is 154 Å². The Morgan fingerprint density at radius 2 is 1.81 bits per heavy atom. The van der Waals surface area contributed by atoms with Crippen LogP contribution in [0, 0.1) is 0 Å². The van der Waals surface area contributed by atoms with E-state index in [2.05, 4.69) is 38.2 Å². The fourth-order valence-corrected chi connectivity index (χ4v) is 2.66. The number of benzene rings is 2. The number of carbonyl (C=O) groups is 1. The van der Waals surface area contributed by atoms with Crippen molar-refractivity contribution in [3.05, 3.63) is 54.1 Å². The van der Waals surface area contributed by atoms with E-state index in [0.717, 1.165) is 5.75 Å². The molecule has 0 unspecified atom stereocenters. The molecule has 0 saturated carbocycles. The van der Waals surface area contributed by atoms with E-state index in [1.165, 1.54) is 5.56 Å². The molecule has 5 heteroatoms. The van der Waals surface area contributed by atoms with Crippen LogP contribution in [-0.2, 0) is 10.2 Å². The molecule has 0 radical (unpaired) electrons. The van der Waals surface area contributed by atoms with Gasteiger partial charge in [0.1, 0.15) is 19.0 Å². The first kappa shape index (κ1) is 18.1. The lowest BCUT2D eigenvalue weighted by Gasteiger charge is -2.25. The molecule has 0 aromatic heterocycles. The zero-order chi connectivity index (χ0) is 18.6. The number of ether oxygens (including phenoxy) is 3. The summed E-state index contributed by atoms with van der Waals surface area (Å²) in [6, 6.07) is 15.4. The van der Waals surface area contributed by atoms with Crippen LogP contribution in [0.1, 0.15) is 26.3 Å². The van der Waals surface area contributed by atoms with Crippen molar-refractivity contribution >= 4 is 5.91 Å². The second-order valence-electron chi connectivity index (χ2n) is 7.28. The van der Waals surface area contributed by atoms with Gasteiger partial charge in [0.15, 0.2) is 11.5 Å². The summed E-state index contributed by atoms with van der Waals surface area (Å²) in [6.07, 6.45) is -0.643. The van der Waals surface area contributed by atoms with Gasteiger partial charge in [0.2, 0.25) is 6.10 Å². The number of fused-ring (bicyclic) bond motifs is 1. The standard InChI is InChI=1S/C21H25NO4/c1-21(2,3)15-8-10-16(11-9-15)24-13-12-22-20(23)19-14-25-17-6-4-5-7-18(17)26-19/h4-11,19H,12-14H2,1-3H3,(H,22,23)/t19-/m1/s1. The highest BCUT2D eigenvalue weighted by molar-refractivity contribution is 5.81. The monoisotopic (exact) mass is 355 g/mol. The molecule has 1 aliphatic rings. The third-order valence-electron chi connectivity index (χ3n) is 4.19. The Morgan fingerprint density at radius 3 is 2.50 bits per heavy atom. The molecule has 1 aliphatic heterocycles. The molecular weight excluding hydrogens is 330 g/mol. The van der Waals surface area contributed by atoms with E-state index in [9.17, 15) is 4.79 Å². The highest BCUT2D eigenvalue weighted by Gasteiger charge is 2.26. The van der Waals surface area contributed by atoms with Gasteiger partial charge in [-0.1, -0.05) is 45.0 Å². The average Bonchev–Trinajstić information content (AvgIpc) is 2.64. The summed E-state index contributed by atoms with van der Waals surface area (Å²) in [5.74, 6) is 1.84. The lowest BCUT2D eigenvalue weighted by molar-refractivity contribution is -0.130. The predicted octanol–water partition coefficient (Wildman–Crippen LogP) is 3.32. The highest BCUT2D eigenvalue weighted by atomic mass is 16.6. The van der Waals surface area contributed by atoms with Crippen molar-refractivity contribution in [3.63, 3.8) is 0 Å². The molecule has 3 rings (SSSR count). The molecule has 0 bridgehead atoms. The van der Waals surface area contributed by atoms with Crippen LogP contribution in [0.5, 0.6) is 17.2 Å². The first-order chi connectivity index (χ1) is 12.4. The van der Waals surface area contributed by atoms with Crippen LogP contribution in [0.2, 0.25) is 0 Å². The first-order valence-corrected chi connectivity index (χ1v) is 8.83. The van der Waals surface area contributed by atoms with Gasteiger partial charge in [-0.15, -0.1) is 0 Å². The van der Waals surface area contributed by atoms with Gasteiger partial charge >= 0.3 is 0 Å². The summed E-state index contributed by atoms with van der Waals surface area (Å²) in [6.45, 7) is 7.53. The van der Waals surface area contributed by atoms with Gasteiger partial charge in [0, 0.05) is 0 Å². The minimum absolute atomic E-state index is 0.118. The summed E-state index contributed by atoms with van der Waals surface area (Å²) in [7, 11) is 0. The molecule has 138 valence electrons. The van der Waals surface area contributed by atoms with Crippen molar-refractivity contribution in [2.45, 2.75) is 32.3 Å². The van der Waals surface area contributed by atoms with E-state index < -0.39 is 6.10 Å². The van der Waals surface area contributed by atoms with Crippen molar-refractivity contribution < 1.29 is 19.0 Å². The maximum atomic E-state index is 12.2. The van der Waals surface area contributed by atoms with Crippen LogP contribution in [0.4, 0.5) is 0 Å². The predicted molar refractivity (Wildman–Crippen MR) is 100.0 cm³/mol. The minimum atomic E-state index is -0.643. The van der Waals surface area contributed by atoms with E-state index in [1.807, 2.05) is 30.3 Å². The van der Waals surface area contributed by atoms with Gasteiger partial charge in [0.25, 0.3) is 5.91 Å². The molecule has 0 saturated heterocycles. The van der Waals surface area contributed by atoms with Crippen LogP contribution in [-0.4, -0.2) is 31.8 Å². The zero-order valence-corrected chi connectivity index (χ0v) is 15.5. The van der Waals surface area contributed by atoms with E-state index in [4.69, 9.17) is 14.2 Å². The summed E-state index contributed by atoms with van der Waals surface area (Å²) in [5.41, 5.74) is 1.38. The Hall–Kier alpha value is -2.69. The second-order valence-corrected chi connectivity index (χ2v) is 7.28. The van der Waals surface area contributed by atoms with Crippen molar-refractivity contribution in [1.82, 2.24) is 5.32 Å². The lowest BCUT2D eigenvalue weighted by Crippen LogP contribution is -2.45. The molecule has 2 aromatic carbocycles. The minimum Gasteiger partial charge on any atom is -0.492 e. The molecular formula is C21H25NO4. The van der Waals surface area contributed by atoms with Crippen molar-refractivity contribution in [3.8, 4) is 17.2 Å². The fourth-order valence-electron chi connectivity index (χ4n) is 2.66. The Kier molecular flexibility index (Phi) is 5.35. The van der Waals surface area contributed by atoms with Gasteiger partial charge in [-0.25, -0.2) is 0 Å². The molecule has 1 heterocycles. The Balaban J connectivity index is 1.42. The van der Waals surface area contributed by atoms with Gasteiger partial charge in [0.05, 0.1) is 6.54 Å². The van der Waals surface area contributed by atoms with Crippen molar-refractivity contribution in [2.75, 3.05) is 19.8 Å². The van der Waals surface area contributed by atoms with Crippen molar-refractivity contribution in [1.29, 1.82) is 0 Å². The number of hydrogen-bond acceptors (Lipinski definition) is 4. The smallest absolute Gasteiger partial charge is 0.264 e. The van der Waals surface area contributed by atoms with Crippen LogP contribution < -0.4 is 19.5 Å².